The largest absolute Gasteiger partial charge is 0.378 e. The third-order valence-electron chi connectivity index (χ3n) is 8.04. The molecule has 2 fully saturated rings. The molecule has 6 rings (SSSR count). The number of likely N-dealkylation sites (N-methyl/N-ethyl adjacent to an activating group) is 1. The van der Waals surface area contributed by atoms with Crippen molar-refractivity contribution in [2.24, 2.45) is 7.05 Å². The summed E-state index contributed by atoms with van der Waals surface area (Å²) in [5.74, 6) is 1.08. The number of anilines is 5. The molecule has 0 unspecified atom stereocenters. The number of hydrogen-bond acceptors (Lipinski definition) is 7. The van der Waals surface area contributed by atoms with Crippen molar-refractivity contribution in [1.82, 2.24) is 9.55 Å². The zero-order chi connectivity index (χ0) is 24.8. The Morgan fingerprint density at radius 2 is 1.58 bits per heavy atom. The molecule has 5 heterocycles. The number of benzene rings is 1. The summed E-state index contributed by atoms with van der Waals surface area (Å²) < 4.78 is 7.41. The number of hydrogen-bond donors (Lipinski definition) is 0. The highest BCUT2D eigenvalue weighted by Gasteiger charge is 2.27. The van der Waals surface area contributed by atoms with Crippen LogP contribution >= 0.6 is 0 Å². The van der Waals surface area contributed by atoms with Crippen molar-refractivity contribution >= 4 is 39.5 Å². The van der Waals surface area contributed by atoms with Crippen LogP contribution < -0.4 is 25.2 Å². The van der Waals surface area contributed by atoms with Crippen molar-refractivity contribution in [2.45, 2.75) is 26.2 Å². The number of ether oxygens (including phenoxy) is 1. The van der Waals surface area contributed by atoms with E-state index in [0.29, 0.717) is 0 Å². The monoisotopic (exact) mass is 488 g/mol. The van der Waals surface area contributed by atoms with Crippen LogP contribution in [0.1, 0.15) is 24.8 Å². The van der Waals surface area contributed by atoms with E-state index in [9.17, 15) is 4.79 Å². The van der Waals surface area contributed by atoms with Crippen LogP contribution in [0.15, 0.2) is 35.3 Å². The van der Waals surface area contributed by atoms with E-state index in [1.807, 2.05) is 14.0 Å². The van der Waals surface area contributed by atoms with Crippen LogP contribution in [-0.2, 0) is 11.8 Å². The highest BCUT2D eigenvalue weighted by Crippen LogP contribution is 2.42. The van der Waals surface area contributed by atoms with E-state index in [2.05, 4.69) is 57.1 Å². The molecule has 8 heteroatoms. The first kappa shape index (κ1) is 23.2. The molecule has 1 aromatic carbocycles. The Morgan fingerprint density at radius 1 is 0.806 bits per heavy atom. The summed E-state index contributed by atoms with van der Waals surface area (Å²) >= 11 is 0. The minimum atomic E-state index is 0.0548. The van der Waals surface area contributed by atoms with E-state index in [0.717, 1.165) is 91.8 Å². The van der Waals surface area contributed by atoms with Crippen molar-refractivity contribution in [3.63, 3.8) is 0 Å². The lowest BCUT2D eigenvalue weighted by molar-refractivity contribution is 0.122. The number of piperidine rings is 1. The summed E-state index contributed by atoms with van der Waals surface area (Å²) in [6.07, 6.45) is 5.83. The summed E-state index contributed by atoms with van der Waals surface area (Å²) in [6, 6.07) is 8.79. The number of aryl methyl sites for hydroxylation is 2. The van der Waals surface area contributed by atoms with Crippen LogP contribution in [0.4, 0.5) is 28.6 Å². The predicted octanol–water partition coefficient (Wildman–Crippen LogP) is 3.66. The number of nitrogens with zero attached hydrogens (tertiary/aromatic N) is 6. The third-order valence-corrected chi connectivity index (χ3v) is 8.04. The van der Waals surface area contributed by atoms with Gasteiger partial charge in [-0.05, 0) is 44.4 Å². The first-order chi connectivity index (χ1) is 17.5. The van der Waals surface area contributed by atoms with Gasteiger partial charge in [0.2, 0.25) is 0 Å². The lowest BCUT2D eigenvalue weighted by Gasteiger charge is -2.39. The Hall–Kier alpha value is -3.26. The Morgan fingerprint density at radius 3 is 2.36 bits per heavy atom. The highest BCUT2D eigenvalue weighted by atomic mass is 16.5. The van der Waals surface area contributed by atoms with Crippen molar-refractivity contribution in [3.8, 4) is 0 Å². The molecule has 0 bridgehead atoms. The summed E-state index contributed by atoms with van der Waals surface area (Å²) in [6.45, 7) is 9.00. The quantitative estimate of drug-likeness (QED) is 0.558. The SMILES string of the molecule is Cc1cc2c(N3CCN(C)c4cc(N5CCCCC5)ncc43)cc(N3CCOCC3)cc2n(C)c1=O. The minimum Gasteiger partial charge on any atom is -0.378 e. The fraction of sp³-hybridized carbons (Fsp3) is 0.500. The van der Waals surface area contributed by atoms with E-state index in [1.165, 1.54) is 24.9 Å². The second-order valence-electron chi connectivity index (χ2n) is 10.3. The summed E-state index contributed by atoms with van der Waals surface area (Å²) in [5, 5.41) is 1.10. The van der Waals surface area contributed by atoms with Crippen molar-refractivity contribution < 1.29 is 4.74 Å². The van der Waals surface area contributed by atoms with Gasteiger partial charge in [0, 0.05) is 76.1 Å². The molecule has 0 spiro atoms. The average Bonchev–Trinajstić information content (AvgIpc) is 2.93. The molecule has 0 amide bonds. The topological polar surface area (TPSA) is 57.1 Å². The fourth-order valence-electron chi connectivity index (χ4n) is 5.89. The van der Waals surface area contributed by atoms with Crippen molar-refractivity contribution in [2.75, 3.05) is 79.1 Å². The van der Waals surface area contributed by atoms with Crippen LogP contribution in [0.2, 0.25) is 0 Å². The lowest BCUT2D eigenvalue weighted by Crippen LogP contribution is -2.38. The smallest absolute Gasteiger partial charge is 0.253 e. The molecular weight excluding hydrogens is 452 g/mol. The zero-order valence-corrected chi connectivity index (χ0v) is 21.7. The van der Waals surface area contributed by atoms with Crippen LogP contribution in [0.5, 0.6) is 0 Å². The Kier molecular flexibility index (Phi) is 5.99. The van der Waals surface area contributed by atoms with Crippen LogP contribution in [0.3, 0.4) is 0 Å². The Labute approximate surface area is 212 Å². The van der Waals surface area contributed by atoms with Gasteiger partial charge in [-0.15, -0.1) is 0 Å². The van der Waals surface area contributed by atoms with Gasteiger partial charge in [-0.1, -0.05) is 0 Å². The summed E-state index contributed by atoms with van der Waals surface area (Å²) in [4.78, 5) is 27.4. The van der Waals surface area contributed by atoms with Gasteiger partial charge in [0.1, 0.15) is 5.82 Å². The maximum atomic E-state index is 12.9. The fourth-order valence-corrected chi connectivity index (χ4v) is 5.89. The number of fused-ring (bicyclic) bond motifs is 2. The van der Waals surface area contributed by atoms with Crippen molar-refractivity contribution in [3.05, 3.63) is 46.4 Å². The van der Waals surface area contributed by atoms with E-state index in [-0.39, 0.29) is 5.56 Å². The van der Waals surface area contributed by atoms with Gasteiger partial charge in [0.25, 0.3) is 5.56 Å². The van der Waals surface area contributed by atoms with Crippen LogP contribution in [-0.4, -0.2) is 69.1 Å². The predicted molar refractivity (Wildman–Crippen MR) is 148 cm³/mol. The van der Waals surface area contributed by atoms with Gasteiger partial charge in [-0.2, -0.15) is 0 Å². The van der Waals surface area contributed by atoms with Gasteiger partial charge < -0.3 is 28.9 Å². The molecule has 2 saturated heterocycles. The molecular formula is C28H36N6O2. The van der Waals surface area contributed by atoms with E-state index in [4.69, 9.17) is 9.72 Å². The van der Waals surface area contributed by atoms with Gasteiger partial charge in [-0.3, -0.25) is 4.79 Å². The molecule has 2 aromatic heterocycles. The maximum Gasteiger partial charge on any atom is 0.253 e. The summed E-state index contributed by atoms with van der Waals surface area (Å²) in [5.41, 5.74) is 6.38. The lowest BCUT2D eigenvalue weighted by atomic mass is 10.1. The molecule has 0 N–H and O–H groups in total. The zero-order valence-electron chi connectivity index (χ0n) is 21.7. The molecule has 3 aromatic rings. The molecule has 36 heavy (non-hydrogen) atoms. The molecule has 8 nitrogen and oxygen atoms in total. The average molecular weight is 489 g/mol. The second-order valence-corrected chi connectivity index (χ2v) is 10.3. The normalized spacial score (nSPS) is 18.6. The molecule has 0 aliphatic carbocycles. The van der Waals surface area contributed by atoms with Gasteiger partial charge in [0.15, 0.2) is 0 Å². The maximum absolute atomic E-state index is 12.9. The van der Waals surface area contributed by atoms with Crippen molar-refractivity contribution in [1.29, 1.82) is 0 Å². The standard InChI is InChI=1S/C28H36N6O2/c1-20-15-22-23(31(3)28(20)35)16-21(32-11-13-36-14-12-32)17-24(22)34-10-9-30(2)25-18-27(29-19-26(25)34)33-7-5-4-6-8-33/h15-19H,4-14H2,1-3H3. The first-order valence-electron chi connectivity index (χ1n) is 13.2. The molecule has 3 aliphatic heterocycles. The number of aromatic nitrogens is 2. The van der Waals surface area contributed by atoms with E-state index >= 15 is 0 Å². The van der Waals surface area contributed by atoms with Gasteiger partial charge in [0.05, 0.1) is 42.0 Å². The number of morpholine rings is 1. The number of pyridine rings is 2. The molecule has 0 saturated carbocycles. The van der Waals surface area contributed by atoms with E-state index < -0.39 is 0 Å². The van der Waals surface area contributed by atoms with Gasteiger partial charge >= 0.3 is 0 Å². The molecule has 0 atom stereocenters. The molecule has 0 radical (unpaired) electrons. The van der Waals surface area contributed by atoms with Crippen LogP contribution in [0.25, 0.3) is 10.9 Å². The van der Waals surface area contributed by atoms with E-state index in [1.54, 1.807) is 4.57 Å². The van der Waals surface area contributed by atoms with Crippen LogP contribution in [0, 0.1) is 6.92 Å². The molecule has 3 aliphatic rings. The minimum absolute atomic E-state index is 0.0548. The molecule has 190 valence electrons. The van der Waals surface area contributed by atoms with Gasteiger partial charge in [-0.25, -0.2) is 4.98 Å². The number of rotatable bonds is 3. The first-order valence-corrected chi connectivity index (χ1v) is 13.2. The summed E-state index contributed by atoms with van der Waals surface area (Å²) in [7, 11) is 4.06. The Bertz CT molecular complexity index is 1340. The Balaban J connectivity index is 1.50. The highest BCUT2D eigenvalue weighted by molar-refractivity contribution is 5.99. The second kappa shape index (κ2) is 9.32. The third kappa shape index (κ3) is 3.97.